The normalized spacial score (nSPS) is 9.95. The third-order valence-corrected chi connectivity index (χ3v) is 2.29. The van der Waals surface area contributed by atoms with Gasteiger partial charge in [-0.15, -0.1) is 0 Å². The predicted molar refractivity (Wildman–Crippen MR) is 65.4 cm³/mol. The molecule has 0 aliphatic heterocycles. The van der Waals surface area contributed by atoms with Crippen LogP contribution in [0.25, 0.3) is 0 Å². The summed E-state index contributed by atoms with van der Waals surface area (Å²) in [5.41, 5.74) is 2.54. The first-order valence-corrected chi connectivity index (χ1v) is 5.07. The molecule has 1 aromatic heterocycles. The lowest BCUT2D eigenvalue weighted by Gasteiger charge is -2.05. The molecule has 2 rings (SSSR count). The molecule has 0 saturated heterocycles. The van der Waals surface area contributed by atoms with Crippen molar-refractivity contribution >= 4 is 23.0 Å². The van der Waals surface area contributed by atoms with Gasteiger partial charge >= 0.3 is 0 Å². The van der Waals surface area contributed by atoms with Crippen molar-refractivity contribution in [3.8, 4) is 0 Å². The quantitative estimate of drug-likeness (QED) is 0.427. The molecule has 0 atom stereocenters. The highest BCUT2D eigenvalue weighted by molar-refractivity contribution is 6.07. The summed E-state index contributed by atoms with van der Waals surface area (Å²) in [6, 6.07) is 3.87. The van der Waals surface area contributed by atoms with Crippen LogP contribution in [0.3, 0.4) is 0 Å². The first-order valence-electron chi connectivity index (χ1n) is 5.07. The number of nitrogens with one attached hydrogen (secondary N) is 2. The first kappa shape index (κ1) is 12.5. The van der Waals surface area contributed by atoms with E-state index in [1.807, 2.05) is 0 Å². The Morgan fingerprint density at radius 1 is 1.42 bits per heavy atom. The summed E-state index contributed by atoms with van der Waals surface area (Å²) >= 11 is 0. The van der Waals surface area contributed by atoms with Gasteiger partial charge in [0.05, 0.1) is 11.1 Å². The van der Waals surface area contributed by atoms with Crippen molar-refractivity contribution in [1.29, 1.82) is 0 Å². The van der Waals surface area contributed by atoms with E-state index in [2.05, 4.69) is 20.4 Å². The molecule has 0 aliphatic carbocycles. The van der Waals surface area contributed by atoms with Gasteiger partial charge in [-0.3, -0.25) is 20.8 Å². The number of carbonyl (C=O) groups excluding carboxylic acids is 1. The molecule has 0 unspecified atom stereocenters. The summed E-state index contributed by atoms with van der Waals surface area (Å²) < 4.78 is 4.54. The van der Waals surface area contributed by atoms with E-state index in [1.54, 1.807) is 0 Å². The monoisotopic (exact) mass is 263 g/mol. The second kappa shape index (κ2) is 5.14. The minimum absolute atomic E-state index is 0.123. The molecule has 19 heavy (non-hydrogen) atoms. The summed E-state index contributed by atoms with van der Waals surface area (Å²) in [4.78, 5) is 22.2. The number of nitrogen functional groups attached to an aromatic ring is 1. The number of nitro groups is 1. The zero-order valence-electron chi connectivity index (χ0n) is 9.49. The molecule has 0 radical (unpaired) electrons. The van der Waals surface area contributed by atoms with Crippen LogP contribution in [0.15, 0.2) is 35.2 Å². The third kappa shape index (κ3) is 2.66. The van der Waals surface area contributed by atoms with Gasteiger partial charge in [-0.2, -0.15) is 0 Å². The van der Waals surface area contributed by atoms with Crippen LogP contribution in [0, 0.1) is 10.1 Å². The molecular weight excluding hydrogens is 254 g/mol. The largest absolute Gasteiger partial charge is 0.363 e. The van der Waals surface area contributed by atoms with Gasteiger partial charge in [-0.25, -0.2) is 0 Å². The molecule has 9 heteroatoms. The Balaban J connectivity index is 2.35. The number of amides is 1. The van der Waals surface area contributed by atoms with Crippen LogP contribution in [0.4, 0.5) is 17.1 Å². The highest BCUT2D eigenvalue weighted by atomic mass is 16.6. The van der Waals surface area contributed by atoms with Gasteiger partial charge in [0.15, 0.2) is 0 Å². The molecule has 0 aliphatic rings. The van der Waals surface area contributed by atoms with E-state index in [1.165, 1.54) is 30.7 Å². The summed E-state index contributed by atoms with van der Waals surface area (Å²) in [6.45, 7) is 0. The Morgan fingerprint density at radius 3 is 2.79 bits per heavy atom. The molecule has 1 aromatic carbocycles. The molecule has 0 spiro atoms. The van der Waals surface area contributed by atoms with E-state index < -0.39 is 10.8 Å². The van der Waals surface area contributed by atoms with Gasteiger partial charge in [0, 0.05) is 11.8 Å². The number of hydrogen-bond acceptors (Lipinski definition) is 7. The number of carbonyl (C=O) groups is 1. The van der Waals surface area contributed by atoms with Gasteiger partial charge in [0.2, 0.25) is 0 Å². The second-order valence-electron chi connectivity index (χ2n) is 3.50. The average molecular weight is 263 g/mol. The van der Waals surface area contributed by atoms with Gasteiger partial charge in [-0.1, -0.05) is 5.16 Å². The van der Waals surface area contributed by atoms with Crippen molar-refractivity contribution < 1.29 is 14.2 Å². The number of nitrogens with zero attached hydrogens (tertiary/aromatic N) is 2. The van der Waals surface area contributed by atoms with Gasteiger partial charge in [0.1, 0.15) is 17.5 Å². The Bertz CT molecular complexity index is 610. The van der Waals surface area contributed by atoms with E-state index >= 15 is 0 Å². The van der Waals surface area contributed by atoms with E-state index in [9.17, 15) is 14.9 Å². The van der Waals surface area contributed by atoms with Crippen molar-refractivity contribution in [3.63, 3.8) is 0 Å². The van der Waals surface area contributed by atoms with Crippen molar-refractivity contribution in [1.82, 2.24) is 5.16 Å². The second-order valence-corrected chi connectivity index (χ2v) is 3.50. The lowest BCUT2D eigenvalue weighted by molar-refractivity contribution is -0.385. The van der Waals surface area contributed by atoms with Crippen molar-refractivity contribution in [2.45, 2.75) is 0 Å². The molecule has 0 fully saturated rings. The molecule has 98 valence electrons. The maximum Gasteiger partial charge on any atom is 0.282 e. The lowest BCUT2D eigenvalue weighted by atomic mass is 10.1. The number of nitrogens with two attached hydrogens (primary N) is 1. The first-order chi connectivity index (χ1) is 9.11. The maximum absolute atomic E-state index is 12.0. The maximum atomic E-state index is 12.0. The SMILES string of the molecule is NNc1ccc([N+](=O)[O-])c(C(=O)Nc2cnoc2)c1. The molecule has 1 heterocycles. The van der Waals surface area contributed by atoms with Crippen LogP contribution >= 0.6 is 0 Å². The highest BCUT2D eigenvalue weighted by Crippen LogP contribution is 2.23. The van der Waals surface area contributed by atoms with Crippen LogP contribution in [0.1, 0.15) is 10.4 Å². The zero-order valence-corrected chi connectivity index (χ0v) is 9.49. The Hall–Kier alpha value is -2.94. The van der Waals surface area contributed by atoms with Crippen molar-refractivity contribution in [2.75, 3.05) is 10.7 Å². The fourth-order valence-corrected chi connectivity index (χ4v) is 1.43. The molecule has 9 nitrogen and oxygen atoms in total. The molecule has 0 bridgehead atoms. The van der Waals surface area contributed by atoms with Gasteiger partial charge in [-0.05, 0) is 12.1 Å². The summed E-state index contributed by atoms with van der Waals surface area (Å²) in [7, 11) is 0. The summed E-state index contributed by atoms with van der Waals surface area (Å²) in [5, 5.41) is 16.7. The number of hydrogen-bond donors (Lipinski definition) is 3. The zero-order chi connectivity index (χ0) is 13.8. The topological polar surface area (TPSA) is 136 Å². The highest BCUT2D eigenvalue weighted by Gasteiger charge is 2.21. The van der Waals surface area contributed by atoms with Gasteiger partial charge < -0.3 is 15.3 Å². The van der Waals surface area contributed by atoms with E-state index in [0.717, 1.165) is 0 Å². The molecule has 4 N–H and O–H groups in total. The van der Waals surface area contributed by atoms with Crippen LogP contribution in [-0.4, -0.2) is 16.0 Å². The number of nitro benzene ring substituents is 1. The Kier molecular flexibility index (Phi) is 3.39. The number of aromatic nitrogens is 1. The van der Waals surface area contributed by atoms with Crippen LogP contribution in [-0.2, 0) is 0 Å². The lowest BCUT2D eigenvalue weighted by Crippen LogP contribution is -2.15. The smallest absolute Gasteiger partial charge is 0.282 e. The fourth-order valence-electron chi connectivity index (χ4n) is 1.43. The minimum atomic E-state index is -0.660. The molecule has 1 amide bonds. The van der Waals surface area contributed by atoms with E-state index in [0.29, 0.717) is 11.4 Å². The van der Waals surface area contributed by atoms with Crippen LogP contribution in [0.5, 0.6) is 0 Å². The molecule has 0 saturated carbocycles. The number of rotatable bonds is 4. The predicted octanol–water partition coefficient (Wildman–Crippen LogP) is 1.12. The standard InChI is InChI=1S/C10H9N5O4/c11-14-6-1-2-9(15(17)18)8(3-6)10(16)13-7-4-12-19-5-7/h1-5,14H,11H2,(H,13,16). The van der Waals surface area contributed by atoms with E-state index in [-0.39, 0.29) is 11.3 Å². The Labute approximate surface area is 106 Å². The molecule has 2 aromatic rings. The molecular formula is C10H9N5O4. The van der Waals surface area contributed by atoms with Crippen molar-refractivity contribution in [3.05, 3.63) is 46.3 Å². The number of hydrazine groups is 1. The summed E-state index contributed by atoms with van der Waals surface area (Å²) in [5.74, 6) is 4.54. The van der Waals surface area contributed by atoms with Crippen molar-refractivity contribution in [2.24, 2.45) is 5.84 Å². The van der Waals surface area contributed by atoms with Crippen LogP contribution in [0.2, 0.25) is 0 Å². The minimum Gasteiger partial charge on any atom is -0.363 e. The van der Waals surface area contributed by atoms with E-state index in [4.69, 9.17) is 5.84 Å². The fraction of sp³-hybridized carbons (Fsp3) is 0. The number of benzene rings is 1. The van der Waals surface area contributed by atoms with Crippen LogP contribution < -0.4 is 16.6 Å². The van der Waals surface area contributed by atoms with Gasteiger partial charge in [0.25, 0.3) is 11.6 Å². The average Bonchev–Trinajstić information content (AvgIpc) is 2.90. The third-order valence-electron chi connectivity index (χ3n) is 2.29. The number of anilines is 2. The Morgan fingerprint density at radius 2 is 2.21 bits per heavy atom. The summed E-state index contributed by atoms with van der Waals surface area (Å²) in [6.07, 6.45) is 2.48.